The van der Waals surface area contributed by atoms with Crippen LogP contribution in [0.25, 0.3) is 0 Å². The van der Waals surface area contributed by atoms with Crippen LogP contribution in [0, 0.1) is 12.8 Å². The molecule has 2 aliphatic rings. The number of aromatic nitrogens is 1. The molecule has 3 heterocycles. The summed E-state index contributed by atoms with van der Waals surface area (Å²) in [6.45, 7) is 6.86. The summed E-state index contributed by atoms with van der Waals surface area (Å²) in [5, 5.41) is 4.72. The zero-order valence-electron chi connectivity index (χ0n) is 9.78. The second-order valence-electron chi connectivity index (χ2n) is 4.94. The van der Waals surface area contributed by atoms with Crippen molar-refractivity contribution in [1.82, 2.24) is 15.2 Å². The van der Waals surface area contributed by atoms with Gasteiger partial charge in [-0.2, -0.15) is 0 Å². The van der Waals surface area contributed by atoms with Crippen LogP contribution in [0.15, 0.2) is 6.20 Å². The van der Waals surface area contributed by atoms with Crippen LogP contribution in [0.3, 0.4) is 0 Å². The summed E-state index contributed by atoms with van der Waals surface area (Å²) in [5.74, 6) is 0.891. The second kappa shape index (κ2) is 4.43. The summed E-state index contributed by atoms with van der Waals surface area (Å²) in [7, 11) is 0. The predicted octanol–water partition coefficient (Wildman–Crippen LogP) is 1.64. The minimum Gasteiger partial charge on any atom is -0.315 e. The van der Waals surface area contributed by atoms with E-state index in [0.717, 1.165) is 18.5 Å². The molecule has 0 amide bonds. The number of rotatable bonds is 2. The van der Waals surface area contributed by atoms with E-state index < -0.39 is 0 Å². The van der Waals surface area contributed by atoms with Crippen LogP contribution in [-0.2, 0) is 6.54 Å². The SMILES string of the molecule is Cc1ncc(CN2CCCC3CNCC32)s1. The third-order valence-corrected chi connectivity index (χ3v) is 4.72. The highest BCUT2D eigenvalue weighted by Crippen LogP contribution is 2.28. The Kier molecular flexibility index (Phi) is 2.96. The molecule has 3 nitrogen and oxygen atoms in total. The molecule has 1 aromatic heterocycles. The van der Waals surface area contributed by atoms with Crippen molar-refractivity contribution < 1.29 is 0 Å². The average Bonchev–Trinajstić information content (AvgIpc) is 2.87. The Labute approximate surface area is 101 Å². The van der Waals surface area contributed by atoms with E-state index in [1.165, 1.54) is 42.4 Å². The van der Waals surface area contributed by atoms with Crippen molar-refractivity contribution in [3.63, 3.8) is 0 Å². The van der Waals surface area contributed by atoms with Gasteiger partial charge in [0.2, 0.25) is 0 Å². The second-order valence-corrected chi connectivity index (χ2v) is 6.26. The van der Waals surface area contributed by atoms with Crippen molar-refractivity contribution in [1.29, 1.82) is 0 Å². The fourth-order valence-electron chi connectivity index (χ4n) is 3.04. The van der Waals surface area contributed by atoms with E-state index in [4.69, 9.17) is 0 Å². The third kappa shape index (κ3) is 2.01. The summed E-state index contributed by atoms with van der Waals surface area (Å²) in [5.41, 5.74) is 0. The maximum Gasteiger partial charge on any atom is 0.0897 e. The molecule has 0 spiro atoms. The standard InChI is InChI=1S/C12H19N3S/c1-9-14-6-11(16-9)8-15-4-2-3-10-5-13-7-12(10)15/h6,10,12-13H,2-5,7-8H2,1H3. The summed E-state index contributed by atoms with van der Waals surface area (Å²) >= 11 is 1.84. The highest BCUT2D eigenvalue weighted by atomic mass is 32.1. The van der Waals surface area contributed by atoms with E-state index in [0.29, 0.717) is 0 Å². The van der Waals surface area contributed by atoms with Gasteiger partial charge in [0.15, 0.2) is 0 Å². The van der Waals surface area contributed by atoms with Gasteiger partial charge in [0, 0.05) is 30.2 Å². The van der Waals surface area contributed by atoms with Gasteiger partial charge in [-0.25, -0.2) is 4.98 Å². The smallest absolute Gasteiger partial charge is 0.0897 e. The van der Waals surface area contributed by atoms with Crippen LogP contribution in [-0.4, -0.2) is 35.6 Å². The summed E-state index contributed by atoms with van der Waals surface area (Å²) in [6.07, 6.45) is 4.82. The van der Waals surface area contributed by atoms with Crippen molar-refractivity contribution in [3.8, 4) is 0 Å². The molecule has 1 aromatic rings. The number of hydrogen-bond acceptors (Lipinski definition) is 4. The van der Waals surface area contributed by atoms with Crippen LogP contribution in [0.5, 0.6) is 0 Å². The molecular weight excluding hydrogens is 218 g/mol. The summed E-state index contributed by atoms with van der Waals surface area (Å²) in [4.78, 5) is 8.42. The first kappa shape index (κ1) is 10.7. The van der Waals surface area contributed by atoms with Crippen molar-refractivity contribution in [3.05, 3.63) is 16.1 Å². The lowest BCUT2D eigenvalue weighted by molar-refractivity contribution is 0.118. The van der Waals surface area contributed by atoms with Gasteiger partial charge >= 0.3 is 0 Å². The van der Waals surface area contributed by atoms with Crippen molar-refractivity contribution in [2.24, 2.45) is 5.92 Å². The lowest BCUT2D eigenvalue weighted by Gasteiger charge is -2.36. The van der Waals surface area contributed by atoms with Crippen LogP contribution in [0.2, 0.25) is 0 Å². The van der Waals surface area contributed by atoms with Crippen LogP contribution < -0.4 is 5.32 Å². The van der Waals surface area contributed by atoms with E-state index in [1.54, 1.807) is 0 Å². The van der Waals surface area contributed by atoms with Gasteiger partial charge in [0.05, 0.1) is 5.01 Å². The number of fused-ring (bicyclic) bond motifs is 1. The van der Waals surface area contributed by atoms with Gasteiger partial charge in [-0.3, -0.25) is 4.90 Å². The predicted molar refractivity (Wildman–Crippen MR) is 66.6 cm³/mol. The molecule has 2 fully saturated rings. The minimum absolute atomic E-state index is 0.774. The number of hydrogen-bond donors (Lipinski definition) is 1. The van der Waals surface area contributed by atoms with Gasteiger partial charge in [-0.1, -0.05) is 0 Å². The Morgan fingerprint density at radius 2 is 2.50 bits per heavy atom. The number of likely N-dealkylation sites (tertiary alicyclic amines) is 1. The largest absolute Gasteiger partial charge is 0.315 e. The fourth-order valence-corrected chi connectivity index (χ4v) is 3.86. The molecular formula is C12H19N3S. The molecule has 0 aromatic carbocycles. The highest BCUT2D eigenvalue weighted by Gasteiger charge is 2.34. The quantitative estimate of drug-likeness (QED) is 0.847. The summed E-state index contributed by atoms with van der Waals surface area (Å²) < 4.78 is 0. The first-order valence-corrected chi connectivity index (χ1v) is 7.00. The Morgan fingerprint density at radius 1 is 1.56 bits per heavy atom. The molecule has 0 saturated carbocycles. The monoisotopic (exact) mass is 237 g/mol. The maximum atomic E-state index is 4.34. The number of thiazole rings is 1. The van der Waals surface area contributed by atoms with Crippen LogP contribution >= 0.6 is 11.3 Å². The molecule has 1 N–H and O–H groups in total. The molecule has 0 radical (unpaired) electrons. The van der Waals surface area contributed by atoms with Crippen molar-refractivity contribution >= 4 is 11.3 Å². The molecule has 2 unspecified atom stereocenters. The lowest BCUT2D eigenvalue weighted by Crippen LogP contribution is -2.44. The van der Waals surface area contributed by atoms with E-state index in [2.05, 4.69) is 22.1 Å². The molecule has 2 aliphatic heterocycles. The average molecular weight is 237 g/mol. The van der Waals surface area contributed by atoms with E-state index in [-0.39, 0.29) is 0 Å². The van der Waals surface area contributed by atoms with Gasteiger partial charge < -0.3 is 5.32 Å². The molecule has 4 heteroatoms. The topological polar surface area (TPSA) is 28.2 Å². The van der Waals surface area contributed by atoms with Crippen LogP contribution in [0.4, 0.5) is 0 Å². The molecule has 16 heavy (non-hydrogen) atoms. The lowest BCUT2D eigenvalue weighted by atomic mass is 9.92. The highest BCUT2D eigenvalue weighted by molar-refractivity contribution is 7.11. The zero-order valence-corrected chi connectivity index (χ0v) is 10.6. The Hall–Kier alpha value is -0.450. The summed E-state index contributed by atoms with van der Waals surface area (Å²) in [6, 6.07) is 0.774. The van der Waals surface area contributed by atoms with Crippen molar-refractivity contribution in [2.75, 3.05) is 19.6 Å². The number of nitrogens with zero attached hydrogens (tertiary/aromatic N) is 2. The molecule has 2 atom stereocenters. The number of aryl methyl sites for hydroxylation is 1. The first-order chi connectivity index (χ1) is 7.83. The number of piperidine rings is 1. The third-order valence-electron chi connectivity index (χ3n) is 3.82. The van der Waals surface area contributed by atoms with Gasteiger partial charge in [0.25, 0.3) is 0 Å². The molecule has 88 valence electrons. The number of nitrogens with one attached hydrogen (secondary N) is 1. The Bertz CT molecular complexity index is 363. The van der Waals surface area contributed by atoms with E-state index >= 15 is 0 Å². The molecule has 3 rings (SSSR count). The van der Waals surface area contributed by atoms with Crippen molar-refractivity contribution in [2.45, 2.75) is 32.4 Å². The minimum atomic E-state index is 0.774. The van der Waals surface area contributed by atoms with Gasteiger partial charge in [-0.15, -0.1) is 11.3 Å². The zero-order chi connectivity index (χ0) is 11.0. The first-order valence-electron chi connectivity index (χ1n) is 6.19. The van der Waals surface area contributed by atoms with Gasteiger partial charge in [0.1, 0.15) is 0 Å². The molecule has 0 aliphatic carbocycles. The van der Waals surface area contributed by atoms with E-state index in [1.807, 2.05) is 17.5 Å². The van der Waals surface area contributed by atoms with Gasteiger partial charge in [-0.05, 0) is 38.8 Å². The normalized spacial score (nSPS) is 30.6. The van der Waals surface area contributed by atoms with Crippen LogP contribution in [0.1, 0.15) is 22.7 Å². The fraction of sp³-hybridized carbons (Fsp3) is 0.750. The molecule has 2 saturated heterocycles. The Morgan fingerprint density at radius 3 is 3.31 bits per heavy atom. The Balaban J connectivity index is 1.69. The molecule has 0 bridgehead atoms. The maximum absolute atomic E-state index is 4.34. The van der Waals surface area contributed by atoms with E-state index in [9.17, 15) is 0 Å².